The summed E-state index contributed by atoms with van der Waals surface area (Å²) < 4.78 is 0. The van der Waals surface area contributed by atoms with Crippen LogP contribution in [-0.4, -0.2) is 63.2 Å². The van der Waals surface area contributed by atoms with Gasteiger partial charge >= 0.3 is 0 Å². The Balaban J connectivity index is 1.11. The lowest BCUT2D eigenvalue weighted by Gasteiger charge is -2.39. The van der Waals surface area contributed by atoms with E-state index in [1.165, 1.54) is 61.4 Å². The van der Waals surface area contributed by atoms with Gasteiger partial charge in [-0.1, -0.05) is 30.3 Å². The second-order valence-corrected chi connectivity index (χ2v) is 11.4. The minimum absolute atomic E-state index is 0.175. The molecule has 2 fully saturated rings. The third kappa shape index (κ3) is 6.58. The van der Waals surface area contributed by atoms with Crippen molar-refractivity contribution in [1.29, 1.82) is 5.41 Å². The molecule has 0 atom stereocenters. The van der Waals surface area contributed by atoms with Gasteiger partial charge in [-0.05, 0) is 66.9 Å². The highest BCUT2D eigenvalue weighted by Crippen LogP contribution is 2.41. The molecular formula is C27H37N7S. The zero-order chi connectivity index (χ0) is 24.1. The lowest BCUT2D eigenvalue weighted by Crippen LogP contribution is -2.41. The van der Waals surface area contributed by atoms with Gasteiger partial charge in [0.25, 0.3) is 0 Å². The van der Waals surface area contributed by atoms with Crippen molar-refractivity contribution >= 4 is 17.2 Å². The number of nitrogens with zero attached hydrogens (tertiary/aromatic N) is 4. The zero-order valence-electron chi connectivity index (χ0n) is 20.5. The molecule has 2 saturated heterocycles. The molecule has 0 radical (unpaired) electrons. The van der Waals surface area contributed by atoms with Crippen LogP contribution in [0, 0.1) is 10.8 Å². The lowest BCUT2D eigenvalue weighted by atomic mass is 9.78. The van der Waals surface area contributed by atoms with Gasteiger partial charge in [-0.25, -0.2) is 4.98 Å². The molecule has 2 aromatic heterocycles. The van der Waals surface area contributed by atoms with Gasteiger partial charge in [-0.3, -0.25) is 20.1 Å². The number of rotatable bonds is 10. The molecule has 0 bridgehead atoms. The first-order valence-corrected chi connectivity index (χ1v) is 13.5. The van der Waals surface area contributed by atoms with Crippen molar-refractivity contribution in [1.82, 2.24) is 24.7 Å². The summed E-state index contributed by atoms with van der Waals surface area (Å²) in [7, 11) is 0. The molecule has 4 N–H and O–H groups in total. The average Bonchev–Trinajstić information content (AvgIpc) is 3.60. The molecule has 0 unspecified atom stereocenters. The first-order valence-electron chi connectivity index (χ1n) is 12.6. The normalized spacial score (nSPS) is 18.5. The molecule has 3 aromatic rings. The van der Waals surface area contributed by atoms with Gasteiger partial charge in [-0.15, -0.1) is 11.3 Å². The van der Waals surface area contributed by atoms with Crippen LogP contribution in [0.4, 0.5) is 0 Å². The van der Waals surface area contributed by atoms with Crippen molar-refractivity contribution in [3.63, 3.8) is 0 Å². The van der Waals surface area contributed by atoms with Crippen LogP contribution >= 0.6 is 11.3 Å². The molecule has 0 aliphatic carbocycles. The van der Waals surface area contributed by atoms with Gasteiger partial charge in [0.2, 0.25) is 0 Å². The highest BCUT2D eigenvalue weighted by Gasteiger charge is 2.40. The van der Waals surface area contributed by atoms with E-state index in [0.717, 1.165) is 25.5 Å². The minimum atomic E-state index is 0.175. The Labute approximate surface area is 212 Å². The van der Waals surface area contributed by atoms with E-state index in [9.17, 15) is 0 Å². The molecule has 5 rings (SSSR count). The number of benzene rings is 1. The summed E-state index contributed by atoms with van der Waals surface area (Å²) in [5, 5.41) is 9.90. The summed E-state index contributed by atoms with van der Waals surface area (Å²) in [6.45, 7) is 8.89. The van der Waals surface area contributed by atoms with Crippen molar-refractivity contribution < 1.29 is 0 Å². The third-order valence-corrected chi connectivity index (χ3v) is 8.41. The summed E-state index contributed by atoms with van der Waals surface area (Å²) >= 11 is 1.88. The average molecular weight is 492 g/mol. The zero-order valence-corrected chi connectivity index (χ0v) is 21.3. The second-order valence-electron chi connectivity index (χ2n) is 10.3. The van der Waals surface area contributed by atoms with Crippen molar-refractivity contribution in [2.24, 2.45) is 11.1 Å². The Bertz CT molecular complexity index is 1050. The number of nitrogens with two attached hydrogens (primary N) is 1. The van der Waals surface area contributed by atoms with E-state index in [-0.39, 0.29) is 5.84 Å². The maximum atomic E-state index is 7.71. The van der Waals surface area contributed by atoms with E-state index in [1.807, 2.05) is 17.5 Å². The van der Waals surface area contributed by atoms with Crippen molar-refractivity contribution in [2.75, 3.05) is 32.7 Å². The van der Waals surface area contributed by atoms with Crippen molar-refractivity contribution in [3.05, 3.63) is 76.0 Å². The first kappa shape index (κ1) is 24.2. The van der Waals surface area contributed by atoms with Crippen molar-refractivity contribution in [3.8, 4) is 0 Å². The van der Waals surface area contributed by atoms with E-state index in [2.05, 4.69) is 66.4 Å². The Hall–Kier alpha value is -2.52. The highest BCUT2D eigenvalue weighted by molar-refractivity contribution is 7.09. The van der Waals surface area contributed by atoms with Gasteiger partial charge in [0.05, 0.1) is 13.1 Å². The number of aromatic nitrogens is 2. The molecule has 35 heavy (non-hydrogen) atoms. The number of amidine groups is 1. The Morgan fingerprint density at radius 2 is 1.77 bits per heavy atom. The predicted octanol–water partition coefficient (Wildman–Crippen LogP) is 3.90. The number of H-pyrrole nitrogens is 1. The molecule has 2 aliphatic heterocycles. The number of likely N-dealkylation sites (tertiary alicyclic amines) is 2. The van der Waals surface area contributed by atoms with Crippen LogP contribution in [0.1, 0.15) is 41.1 Å². The van der Waals surface area contributed by atoms with Crippen LogP contribution in [0.25, 0.3) is 0 Å². The van der Waals surface area contributed by atoms with Gasteiger partial charge in [0, 0.05) is 43.4 Å². The van der Waals surface area contributed by atoms with E-state index in [4.69, 9.17) is 11.1 Å². The minimum Gasteiger partial charge on any atom is -0.387 e. The number of imidazole rings is 1. The van der Waals surface area contributed by atoms with Gasteiger partial charge in [0.1, 0.15) is 11.7 Å². The molecule has 8 heteroatoms. The smallest absolute Gasteiger partial charge is 0.120 e. The number of piperidine rings is 1. The van der Waals surface area contributed by atoms with Gasteiger partial charge < -0.3 is 10.7 Å². The molecule has 0 saturated carbocycles. The Morgan fingerprint density at radius 3 is 2.43 bits per heavy atom. The van der Waals surface area contributed by atoms with Crippen molar-refractivity contribution in [2.45, 2.75) is 45.4 Å². The standard InChI is InChI=1S/C27H37N7S/c28-25(29)19-34(20-26-30-10-11-31-26)17-23-5-3-22(4-6-23)16-33-14-9-27(21-33)7-12-32(13-8-27)18-24-2-1-15-35-24/h1-6,10-11,15H,7-9,12-14,16-21H2,(H3,28,29)(H,30,31). The number of hydrogen-bond donors (Lipinski definition) is 3. The summed E-state index contributed by atoms with van der Waals surface area (Å²) in [6, 6.07) is 13.4. The van der Waals surface area contributed by atoms with Crippen LogP contribution in [-0.2, 0) is 26.2 Å². The van der Waals surface area contributed by atoms with Gasteiger partial charge in [-0.2, -0.15) is 0 Å². The van der Waals surface area contributed by atoms with Crippen LogP contribution in [0.15, 0.2) is 54.2 Å². The van der Waals surface area contributed by atoms with Crippen LogP contribution in [0.5, 0.6) is 0 Å². The SMILES string of the molecule is N=C(N)CN(Cc1ccc(CN2CCC3(CCN(Cc4cccs4)CC3)C2)cc1)Cc1ncc[nH]1. The molecule has 7 nitrogen and oxygen atoms in total. The quantitative estimate of drug-likeness (QED) is 0.296. The fourth-order valence-electron chi connectivity index (χ4n) is 5.65. The Kier molecular flexibility index (Phi) is 7.63. The van der Waals surface area contributed by atoms with E-state index in [0.29, 0.717) is 18.5 Å². The molecular weight excluding hydrogens is 454 g/mol. The molecule has 1 aromatic carbocycles. The van der Waals surface area contributed by atoms with Crippen LogP contribution in [0.3, 0.4) is 0 Å². The molecule has 0 amide bonds. The molecule has 2 aliphatic rings. The fourth-order valence-corrected chi connectivity index (χ4v) is 6.40. The molecule has 186 valence electrons. The Morgan fingerprint density at radius 1 is 1.03 bits per heavy atom. The summed E-state index contributed by atoms with van der Waals surface area (Å²) in [4.78, 5) is 16.4. The van der Waals surface area contributed by atoms with Crippen LogP contribution in [0.2, 0.25) is 0 Å². The number of nitrogens with one attached hydrogen (secondary N) is 2. The fraction of sp³-hybridized carbons (Fsp3) is 0.481. The molecule has 4 heterocycles. The van der Waals surface area contributed by atoms with E-state index < -0.39 is 0 Å². The highest BCUT2D eigenvalue weighted by atomic mass is 32.1. The largest absolute Gasteiger partial charge is 0.387 e. The first-order chi connectivity index (χ1) is 17.1. The van der Waals surface area contributed by atoms with E-state index in [1.54, 1.807) is 6.20 Å². The summed E-state index contributed by atoms with van der Waals surface area (Å²) in [6.07, 6.45) is 7.58. The van der Waals surface area contributed by atoms with E-state index >= 15 is 0 Å². The van der Waals surface area contributed by atoms with Crippen LogP contribution < -0.4 is 5.73 Å². The maximum absolute atomic E-state index is 7.71. The summed E-state index contributed by atoms with van der Waals surface area (Å²) in [5.74, 6) is 1.07. The number of aromatic amines is 1. The monoisotopic (exact) mass is 491 g/mol. The topological polar surface area (TPSA) is 88.3 Å². The second kappa shape index (κ2) is 11.0. The number of hydrogen-bond acceptors (Lipinski definition) is 6. The lowest BCUT2D eigenvalue weighted by molar-refractivity contribution is 0.103. The predicted molar refractivity (Wildman–Crippen MR) is 142 cm³/mol. The third-order valence-electron chi connectivity index (χ3n) is 7.55. The molecule has 1 spiro atoms. The van der Waals surface area contributed by atoms with Gasteiger partial charge in [0.15, 0.2) is 0 Å². The number of thiophene rings is 1. The summed E-state index contributed by atoms with van der Waals surface area (Å²) in [5.41, 5.74) is 8.82. The maximum Gasteiger partial charge on any atom is 0.120 e.